The van der Waals surface area contributed by atoms with Gasteiger partial charge < -0.3 is 10.4 Å². The number of carboxylic acids is 1. The Morgan fingerprint density at radius 2 is 2.35 bits per heavy atom. The molecule has 0 aliphatic rings. The van der Waals surface area contributed by atoms with Gasteiger partial charge in [0.05, 0.1) is 0 Å². The summed E-state index contributed by atoms with van der Waals surface area (Å²) in [4.78, 5) is 11.2. The molecule has 1 atom stereocenters. The number of nitrogens with one attached hydrogen (secondary N) is 1. The molecule has 1 aromatic rings. The van der Waals surface area contributed by atoms with Gasteiger partial charge in [-0.1, -0.05) is 18.7 Å². The van der Waals surface area contributed by atoms with Crippen molar-refractivity contribution < 1.29 is 9.90 Å². The molecule has 0 aromatic carbocycles. The molecule has 0 saturated carbocycles. The lowest BCUT2D eigenvalue weighted by Crippen LogP contribution is -2.49. The summed E-state index contributed by atoms with van der Waals surface area (Å²) in [6.45, 7) is 4.20. The van der Waals surface area contributed by atoms with Gasteiger partial charge in [0.2, 0.25) is 5.16 Å². The Morgan fingerprint density at radius 1 is 1.65 bits per heavy atom. The van der Waals surface area contributed by atoms with E-state index in [0.29, 0.717) is 23.9 Å². The second kappa shape index (κ2) is 5.97. The number of likely N-dealkylation sites (N-methyl/N-ethyl adjacent to an activating group) is 1. The lowest BCUT2D eigenvalue weighted by molar-refractivity contribution is -0.144. The van der Waals surface area contributed by atoms with Gasteiger partial charge in [0.1, 0.15) is 5.54 Å². The molecule has 0 bridgehead atoms. The van der Waals surface area contributed by atoms with E-state index in [4.69, 9.17) is 5.11 Å². The second-order valence-electron chi connectivity index (χ2n) is 3.85. The Hall–Kier alpha value is -1.15. The van der Waals surface area contributed by atoms with Gasteiger partial charge in [0.25, 0.3) is 0 Å². The summed E-state index contributed by atoms with van der Waals surface area (Å²) < 4.78 is 1.57. The van der Waals surface area contributed by atoms with Gasteiger partial charge in [-0.15, -0.1) is 5.10 Å². The molecule has 0 amide bonds. The highest BCUT2D eigenvalue weighted by Crippen LogP contribution is 2.19. The quantitative estimate of drug-likeness (QED) is 0.673. The minimum atomic E-state index is -0.895. The SMILES string of the molecule is CCNC(C)(CCSc1nnnn1C)C(=O)O. The number of carboxylic acid groups (broad SMARTS) is 1. The molecule has 2 N–H and O–H groups in total. The van der Waals surface area contributed by atoms with Crippen molar-refractivity contribution in [1.29, 1.82) is 0 Å². The first-order valence-corrected chi connectivity index (χ1v) is 6.31. The predicted octanol–water partition coefficient (Wildman–Crippen LogP) is 0.145. The van der Waals surface area contributed by atoms with E-state index in [9.17, 15) is 4.79 Å². The van der Waals surface area contributed by atoms with E-state index in [-0.39, 0.29) is 0 Å². The summed E-state index contributed by atoms with van der Waals surface area (Å²) in [5.41, 5.74) is -0.895. The van der Waals surface area contributed by atoms with E-state index in [1.165, 1.54) is 11.8 Å². The average Bonchev–Trinajstić information content (AvgIpc) is 2.65. The zero-order chi connectivity index (χ0) is 12.9. The van der Waals surface area contributed by atoms with Crippen LogP contribution in [0.25, 0.3) is 0 Å². The highest BCUT2D eigenvalue weighted by atomic mass is 32.2. The van der Waals surface area contributed by atoms with Crippen molar-refractivity contribution in [1.82, 2.24) is 25.5 Å². The van der Waals surface area contributed by atoms with Crippen LogP contribution in [0.5, 0.6) is 0 Å². The molecule has 8 heteroatoms. The van der Waals surface area contributed by atoms with Crippen molar-refractivity contribution in [3.8, 4) is 0 Å². The molecule has 1 heterocycles. The van der Waals surface area contributed by atoms with Crippen molar-refractivity contribution >= 4 is 17.7 Å². The van der Waals surface area contributed by atoms with Crippen LogP contribution >= 0.6 is 11.8 Å². The van der Waals surface area contributed by atoms with E-state index in [0.717, 1.165) is 0 Å². The molecular formula is C9H17N5O2S. The molecule has 0 saturated heterocycles. The van der Waals surface area contributed by atoms with Crippen LogP contribution in [0.1, 0.15) is 20.3 Å². The van der Waals surface area contributed by atoms with Crippen LogP contribution in [0.4, 0.5) is 0 Å². The standard InChI is InChI=1S/C9H17N5O2S/c1-4-10-9(2,7(15)16)5-6-17-8-11-12-13-14(8)3/h10H,4-6H2,1-3H3,(H,15,16). The fourth-order valence-electron chi connectivity index (χ4n) is 1.35. The van der Waals surface area contributed by atoms with Crippen molar-refractivity contribution in [2.75, 3.05) is 12.3 Å². The van der Waals surface area contributed by atoms with E-state index >= 15 is 0 Å². The molecule has 1 unspecified atom stereocenters. The normalized spacial score (nSPS) is 14.5. The Bertz CT molecular complexity index is 383. The number of tetrazole rings is 1. The van der Waals surface area contributed by atoms with Crippen LogP contribution in [0.3, 0.4) is 0 Å². The van der Waals surface area contributed by atoms with E-state index in [1.54, 1.807) is 18.7 Å². The van der Waals surface area contributed by atoms with Crippen LogP contribution in [-0.4, -0.2) is 49.1 Å². The molecule has 1 rings (SSSR count). The number of aliphatic carboxylic acids is 1. The summed E-state index contributed by atoms with van der Waals surface area (Å²) >= 11 is 1.45. The summed E-state index contributed by atoms with van der Waals surface area (Å²) in [5, 5.41) is 23.9. The zero-order valence-electron chi connectivity index (χ0n) is 10.2. The Morgan fingerprint density at radius 3 is 2.82 bits per heavy atom. The van der Waals surface area contributed by atoms with Gasteiger partial charge in [-0.2, -0.15) is 0 Å². The molecule has 0 aliphatic heterocycles. The maximum Gasteiger partial charge on any atom is 0.323 e. The molecular weight excluding hydrogens is 242 g/mol. The highest BCUT2D eigenvalue weighted by molar-refractivity contribution is 7.99. The lowest BCUT2D eigenvalue weighted by atomic mass is 9.99. The molecule has 0 fully saturated rings. The van der Waals surface area contributed by atoms with Gasteiger partial charge in [-0.25, -0.2) is 4.68 Å². The first kappa shape index (κ1) is 13.9. The zero-order valence-corrected chi connectivity index (χ0v) is 11.0. The number of thioether (sulfide) groups is 1. The van der Waals surface area contributed by atoms with Crippen LogP contribution in [0.2, 0.25) is 0 Å². The maximum atomic E-state index is 11.2. The average molecular weight is 259 g/mol. The summed E-state index contributed by atoms with van der Waals surface area (Å²) in [6, 6.07) is 0. The number of hydrogen-bond donors (Lipinski definition) is 2. The fraction of sp³-hybridized carbons (Fsp3) is 0.778. The van der Waals surface area contributed by atoms with Crippen molar-refractivity contribution in [3.05, 3.63) is 0 Å². The second-order valence-corrected chi connectivity index (χ2v) is 4.91. The largest absolute Gasteiger partial charge is 0.480 e. The fourth-order valence-corrected chi connectivity index (χ4v) is 2.36. The van der Waals surface area contributed by atoms with Crippen LogP contribution in [-0.2, 0) is 11.8 Å². The number of hydrogen-bond acceptors (Lipinski definition) is 6. The molecule has 0 aliphatic carbocycles. The number of nitrogens with zero attached hydrogens (tertiary/aromatic N) is 4. The van der Waals surface area contributed by atoms with E-state index in [1.807, 2.05) is 6.92 Å². The summed E-state index contributed by atoms with van der Waals surface area (Å²) in [6.07, 6.45) is 0.508. The van der Waals surface area contributed by atoms with Gasteiger partial charge in [0.15, 0.2) is 0 Å². The predicted molar refractivity (Wildman–Crippen MR) is 63.9 cm³/mol. The molecule has 17 heavy (non-hydrogen) atoms. The molecule has 0 spiro atoms. The Balaban J connectivity index is 2.48. The third-order valence-corrected chi connectivity index (χ3v) is 3.47. The Labute approximate surface area is 104 Å². The van der Waals surface area contributed by atoms with Gasteiger partial charge in [-0.3, -0.25) is 4.79 Å². The molecule has 1 aromatic heterocycles. The third kappa shape index (κ3) is 3.67. The topological polar surface area (TPSA) is 92.9 Å². The molecule has 7 nitrogen and oxygen atoms in total. The summed E-state index contributed by atoms with van der Waals surface area (Å²) in [5.74, 6) is -0.194. The van der Waals surface area contributed by atoms with Crippen molar-refractivity contribution in [2.24, 2.45) is 7.05 Å². The van der Waals surface area contributed by atoms with Crippen LogP contribution < -0.4 is 5.32 Å². The highest BCUT2D eigenvalue weighted by Gasteiger charge is 2.31. The third-order valence-electron chi connectivity index (χ3n) is 2.45. The smallest absolute Gasteiger partial charge is 0.323 e. The number of aromatic nitrogens is 4. The van der Waals surface area contributed by atoms with E-state index in [2.05, 4.69) is 20.8 Å². The van der Waals surface area contributed by atoms with Gasteiger partial charge in [-0.05, 0) is 30.3 Å². The van der Waals surface area contributed by atoms with Gasteiger partial charge >= 0.3 is 5.97 Å². The van der Waals surface area contributed by atoms with Crippen LogP contribution in [0, 0.1) is 0 Å². The van der Waals surface area contributed by atoms with Gasteiger partial charge in [0, 0.05) is 12.8 Å². The number of rotatable bonds is 7. The molecule has 96 valence electrons. The number of aryl methyl sites for hydroxylation is 1. The Kier molecular flexibility index (Phi) is 4.88. The molecule has 0 radical (unpaired) electrons. The summed E-state index contributed by atoms with van der Waals surface area (Å²) in [7, 11) is 1.75. The lowest BCUT2D eigenvalue weighted by Gasteiger charge is -2.25. The first-order chi connectivity index (χ1) is 7.99. The van der Waals surface area contributed by atoms with E-state index < -0.39 is 11.5 Å². The van der Waals surface area contributed by atoms with Crippen molar-refractivity contribution in [2.45, 2.75) is 31.0 Å². The van der Waals surface area contributed by atoms with Crippen LogP contribution in [0.15, 0.2) is 5.16 Å². The maximum absolute atomic E-state index is 11.2. The monoisotopic (exact) mass is 259 g/mol. The minimum absolute atomic E-state index is 0.508. The van der Waals surface area contributed by atoms with Crippen molar-refractivity contribution in [3.63, 3.8) is 0 Å². The number of carbonyl (C=O) groups is 1. The minimum Gasteiger partial charge on any atom is -0.480 e. The first-order valence-electron chi connectivity index (χ1n) is 5.33.